The maximum atomic E-state index is 13.0. The van der Waals surface area contributed by atoms with E-state index in [0.717, 1.165) is 16.3 Å². The van der Waals surface area contributed by atoms with Gasteiger partial charge in [-0.15, -0.1) is 5.10 Å². The fraction of sp³-hybridized carbons (Fsp3) is 0.250. The molecule has 0 spiro atoms. The number of hydroxylamine groups is 1. The number of methoxy groups -OCH3 is 1. The molecule has 2 heterocycles. The molecule has 0 N–H and O–H groups in total. The lowest BCUT2D eigenvalue weighted by atomic mass is 10.00. The van der Waals surface area contributed by atoms with Gasteiger partial charge in [0.2, 0.25) is 5.88 Å². The molecule has 50 heavy (non-hydrogen) atoms. The Morgan fingerprint density at radius 3 is 2.34 bits per heavy atom. The molecule has 0 aliphatic heterocycles. The second kappa shape index (κ2) is 18.0. The minimum absolute atomic E-state index is 0.0701. The minimum atomic E-state index is -4.54. The Hall–Kier alpha value is -4.41. The highest BCUT2D eigenvalue weighted by atomic mass is 35.5. The van der Waals surface area contributed by atoms with Gasteiger partial charge in [0.1, 0.15) is 19.3 Å². The number of carbonyl (C=O) groups excluding carboxylic acids is 1. The number of nitrogens with zero attached hydrogens (tertiary/aromatic N) is 6. The Morgan fingerprint density at radius 1 is 0.980 bits per heavy atom. The highest BCUT2D eigenvalue weighted by Gasteiger charge is 2.43. The van der Waals surface area contributed by atoms with E-state index in [9.17, 15) is 22.4 Å². The Labute approximate surface area is 298 Å². The van der Waals surface area contributed by atoms with E-state index in [1.807, 2.05) is 24.3 Å². The number of ether oxygens (including phenoxy) is 3. The largest absolute Gasteiger partial charge is 0.472 e. The molecule has 0 fully saturated rings. The maximum absolute atomic E-state index is 13.0. The van der Waals surface area contributed by atoms with Crippen molar-refractivity contribution in [2.45, 2.75) is 31.6 Å². The number of anilines is 1. The summed E-state index contributed by atoms with van der Waals surface area (Å²) in [5.41, 5.74) is 2.57. The Kier molecular flexibility index (Phi) is 13.8. The Morgan fingerprint density at radius 2 is 1.70 bits per heavy atom. The van der Waals surface area contributed by atoms with Crippen LogP contribution in [0.5, 0.6) is 5.88 Å². The average molecular weight is 760 g/mol. The summed E-state index contributed by atoms with van der Waals surface area (Å²) in [6, 6.07) is 20.8. The zero-order valence-electron chi connectivity index (χ0n) is 26.3. The lowest BCUT2D eigenvalue weighted by molar-refractivity contribution is -0.302. The number of hydrogen-bond donors (Lipinski definition) is 0. The second-order valence-corrected chi connectivity index (χ2v) is 11.4. The topological polar surface area (TPSA) is 106 Å². The van der Waals surface area contributed by atoms with Crippen molar-refractivity contribution in [1.82, 2.24) is 24.5 Å². The molecule has 5 rings (SSSR count). The molecule has 11 nitrogen and oxygen atoms in total. The molecule has 3 aromatic carbocycles. The summed E-state index contributed by atoms with van der Waals surface area (Å²) in [7, 11) is 2.68. The lowest BCUT2D eigenvalue weighted by Gasteiger charge is -2.22. The maximum Gasteiger partial charge on any atom is 0.438 e. The summed E-state index contributed by atoms with van der Waals surface area (Å²) in [4.78, 5) is 20.7. The first kappa shape index (κ1) is 38.4. The monoisotopic (exact) mass is 758 g/mol. The van der Waals surface area contributed by atoms with Crippen LogP contribution in [0.1, 0.15) is 17.0 Å². The molecule has 0 saturated carbocycles. The predicted molar refractivity (Wildman–Crippen MR) is 177 cm³/mol. The van der Waals surface area contributed by atoms with Gasteiger partial charge in [0, 0.05) is 38.8 Å². The summed E-state index contributed by atoms with van der Waals surface area (Å²) < 4.78 is 68.1. The SMILES string of the molecule is COC(=O)N(OC)c1ccccc1COc1ccn(-c2ccc(Cl)cc2)n1.FC(F)C(F)(F)OCC(Cn1cncn1)c1ccc(Cl)cc1Cl. The van der Waals surface area contributed by atoms with Crippen molar-refractivity contribution in [3.05, 3.63) is 118 Å². The third-order valence-electron chi connectivity index (χ3n) is 6.77. The van der Waals surface area contributed by atoms with Gasteiger partial charge in [0.05, 0.1) is 38.7 Å². The van der Waals surface area contributed by atoms with Crippen molar-refractivity contribution in [2.75, 3.05) is 25.9 Å². The van der Waals surface area contributed by atoms with Crippen LogP contribution >= 0.6 is 34.8 Å². The first-order valence-electron chi connectivity index (χ1n) is 14.4. The number of hydrogen-bond acceptors (Lipinski definition) is 8. The predicted octanol–water partition coefficient (Wildman–Crippen LogP) is 8.48. The molecule has 5 aromatic rings. The van der Waals surface area contributed by atoms with Gasteiger partial charge in [-0.25, -0.2) is 23.2 Å². The van der Waals surface area contributed by atoms with Crippen LogP contribution in [0.3, 0.4) is 0 Å². The van der Waals surface area contributed by atoms with Crippen LogP contribution in [0.4, 0.5) is 28.0 Å². The van der Waals surface area contributed by atoms with E-state index in [0.29, 0.717) is 27.2 Å². The van der Waals surface area contributed by atoms with E-state index in [2.05, 4.69) is 19.9 Å². The number of para-hydroxylation sites is 1. The summed E-state index contributed by atoms with van der Waals surface area (Å²) >= 11 is 17.8. The number of benzene rings is 3. The molecule has 1 amide bonds. The smallest absolute Gasteiger partial charge is 0.438 e. The van der Waals surface area contributed by atoms with Gasteiger partial charge in [-0.3, -0.25) is 9.52 Å². The minimum Gasteiger partial charge on any atom is -0.472 e. The van der Waals surface area contributed by atoms with E-state index in [1.165, 1.54) is 49.8 Å². The van der Waals surface area contributed by atoms with Gasteiger partial charge < -0.3 is 14.2 Å². The van der Waals surface area contributed by atoms with Crippen LogP contribution in [0.2, 0.25) is 15.1 Å². The molecule has 0 saturated heterocycles. The molecular formula is C32H29Cl3F4N6O5. The Bertz CT molecular complexity index is 1820. The van der Waals surface area contributed by atoms with E-state index in [4.69, 9.17) is 49.1 Å². The van der Waals surface area contributed by atoms with Gasteiger partial charge in [-0.05, 0) is 48.0 Å². The number of amides is 1. The zero-order chi connectivity index (χ0) is 36.3. The van der Waals surface area contributed by atoms with E-state index in [1.54, 1.807) is 41.2 Å². The molecule has 0 bridgehead atoms. The van der Waals surface area contributed by atoms with Crippen molar-refractivity contribution in [2.24, 2.45) is 0 Å². The summed E-state index contributed by atoms with van der Waals surface area (Å²) in [5.74, 6) is -0.298. The average Bonchev–Trinajstić information content (AvgIpc) is 3.80. The molecular weight excluding hydrogens is 731 g/mol. The van der Waals surface area contributed by atoms with E-state index in [-0.39, 0.29) is 18.2 Å². The number of halogens is 7. The first-order chi connectivity index (χ1) is 23.9. The number of alkyl halides is 4. The van der Waals surface area contributed by atoms with Crippen molar-refractivity contribution >= 4 is 46.6 Å². The van der Waals surface area contributed by atoms with Crippen LogP contribution in [0, 0.1) is 0 Å². The number of rotatable bonds is 13. The highest BCUT2D eigenvalue weighted by Crippen LogP contribution is 2.32. The lowest BCUT2D eigenvalue weighted by Crippen LogP contribution is -2.32. The number of aromatic nitrogens is 5. The van der Waals surface area contributed by atoms with Crippen molar-refractivity contribution < 1.29 is 41.4 Å². The molecule has 0 aliphatic rings. The molecule has 1 atom stereocenters. The van der Waals surface area contributed by atoms with Gasteiger partial charge in [0.25, 0.3) is 0 Å². The fourth-order valence-corrected chi connectivity index (χ4v) is 5.05. The summed E-state index contributed by atoms with van der Waals surface area (Å²) in [5, 5.41) is 10.5. The van der Waals surface area contributed by atoms with Crippen molar-refractivity contribution in [3.8, 4) is 11.6 Å². The van der Waals surface area contributed by atoms with Gasteiger partial charge in [0.15, 0.2) is 0 Å². The standard InChI is InChI=1S/C19H18ClN3O4.C13H11Cl2F4N3O/c1-25-19(24)23(26-2)17-6-4-3-5-14(17)13-27-18-11-12-22(21-18)16-9-7-15(20)8-10-16;14-9-1-2-10(11(15)3-9)8(4-22-7-20-6-21-22)5-23-13(18,19)12(16)17/h3-12H,13H2,1-2H3;1-3,6-8,12H,4-5H2. The molecule has 1 unspecified atom stereocenters. The van der Waals surface area contributed by atoms with Crippen molar-refractivity contribution in [3.63, 3.8) is 0 Å². The van der Waals surface area contributed by atoms with Gasteiger partial charge in [-0.2, -0.15) is 18.9 Å². The molecule has 0 radical (unpaired) electrons. The normalized spacial score (nSPS) is 11.9. The third-order valence-corrected chi connectivity index (χ3v) is 7.59. The van der Waals surface area contributed by atoms with Gasteiger partial charge >= 0.3 is 18.6 Å². The third kappa shape index (κ3) is 10.5. The summed E-state index contributed by atoms with van der Waals surface area (Å²) in [6.45, 7) is -0.413. The molecule has 18 heteroatoms. The van der Waals surface area contributed by atoms with Crippen molar-refractivity contribution in [1.29, 1.82) is 0 Å². The fourth-order valence-electron chi connectivity index (χ4n) is 4.36. The van der Waals surface area contributed by atoms with E-state index < -0.39 is 31.2 Å². The van der Waals surface area contributed by atoms with Crippen LogP contribution in [0.15, 0.2) is 91.6 Å². The number of carbonyl (C=O) groups is 1. The van der Waals surface area contributed by atoms with Crippen LogP contribution in [-0.4, -0.2) is 64.0 Å². The van der Waals surface area contributed by atoms with Crippen LogP contribution in [-0.2, 0) is 27.5 Å². The highest BCUT2D eigenvalue weighted by molar-refractivity contribution is 6.35. The van der Waals surface area contributed by atoms with Crippen LogP contribution in [0.25, 0.3) is 5.69 Å². The second-order valence-electron chi connectivity index (χ2n) is 10.1. The zero-order valence-corrected chi connectivity index (χ0v) is 28.6. The quantitative estimate of drug-likeness (QED) is 0.0870. The molecule has 2 aromatic heterocycles. The summed E-state index contributed by atoms with van der Waals surface area (Å²) in [6.07, 6.45) is -4.68. The first-order valence-corrected chi connectivity index (χ1v) is 15.6. The van der Waals surface area contributed by atoms with E-state index >= 15 is 0 Å². The van der Waals surface area contributed by atoms with Gasteiger partial charge in [-0.1, -0.05) is 59.1 Å². The Balaban J connectivity index is 0.000000228. The molecule has 0 aliphatic carbocycles. The van der Waals surface area contributed by atoms with Crippen LogP contribution < -0.4 is 9.80 Å². The molecule has 266 valence electrons.